The maximum Gasteiger partial charge on any atom is 0.243 e. The normalized spacial score (nSPS) is 16.4. The van der Waals surface area contributed by atoms with Gasteiger partial charge in [0.1, 0.15) is 0 Å². The summed E-state index contributed by atoms with van der Waals surface area (Å²) < 4.78 is 27.8. The standard InChI is InChI=1S/C19H32N4O2S2.HI/c1-19(2,26-4)15-22-18(20-3)21-14-16-10-6-7-11-17(16)27(24,25)23-12-8-5-9-13-23;/h6-7,10-11H,5,8-9,12-15H2,1-4H3,(H2,20,21,22);1H. The summed E-state index contributed by atoms with van der Waals surface area (Å²) in [5, 5.41) is 6.56. The van der Waals surface area contributed by atoms with Crippen molar-refractivity contribution in [1.29, 1.82) is 0 Å². The topological polar surface area (TPSA) is 73.8 Å². The molecule has 0 unspecified atom stereocenters. The Morgan fingerprint density at radius 2 is 1.82 bits per heavy atom. The number of benzene rings is 1. The van der Waals surface area contributed by atoms with Gasteiger partial charge in [-0.3, -0.25) is 4.99 Å². The summed E-state index contributed by atoms with van der Waals surface area (Å²) in [5.41, 5.74) is 0.759. The van der Waals surface area contributed by atoms with Crippen LogP contribution in [0.25, 0.3) is 0 Å². The molecule has 1 fully saturated rings. The Balaban J connectivity index is 0.00000392. The fourth-order valence-electron chi connectivity index (χ4n) is 2.91. The number of hydrogen-bond donors (Lipinski definition) is 2. The van der Waals surface area contributed by atoms with Gasteiger partial charge in [-0.1, -0.05) is 24.6 Å². The molecule has 160 valence electrons. The summed E-state index contributed by atoms with van der Waals surface area (Å²) in [6.45, 7) is 6.72. The number of hydrogen-bond acceptors (Lipinski definition) is 4. The first kappa shape index (κ1) is 25.5. The van der Waals surface area contributed by atoms with E-state index in [-0.39, 0.29) is 28.7 Å². The number of sulfonamides is 1. The van der Waals surface area contributed by atoms with Crippen LogP contribution in [-0.4, -0.2) is 56.4 Å². The second-order valence-electron chi connectivity index (χ2n) is 7.32. The summed E-state index contributed by atoms with van der Waals surface area (Å²) >= 11 is 1.79. The van der Waals surface area contributed by atoms with Crippen LogP contribution in [0.3, 0.4) is 0 Å². The molecule has 1 aromatic rings. The molecule has 2 N–H and O–H groups in total. The Morgan fingerprint density at radius 1 is 1.18 bits per heavy atom. The largest absolute Gasteiger partial charge is 0.355 e. The van der Waals surface area contributed by atoms with E-state index in [1.165, 1.54) is 0 Å². The zero-order valence-electron chi connectivity index (χ0n) is 17.2. The Morgan fingerprint density at radius 3 is 2.43 bits per heavy atom. The number of aliphatic imine (C=N–C) groups is 1. The number of nitrogens with one attached hydrogen (secondary N) is 2. The lowest BCUT2D eigenvalue weighted by molar-refractivity contribution is 0.346. The van der Waals surface area contributed by atoms with E-state index in [2.05, 4.69) is 35.7 Å². The van der Waals surface area contributed by atoms with E-state index in [1.54, 1.807) is 35.2 Å². The minimum absolute atomic E-state index is 0. The van der Waals surface area contributed by atoms with Gasteiger partial charge in [-0.2, -0.15) is 16.1 Å². The maximum absolute atomic E-state index is 13.1. The summed E-state index contributed by atoms with van der Waals surface area (Å²) in [7, 11) is -1.74. The average Bonchev–Trinajstić information content (AvgIpc) is 2.69. The van der Waals surface area contributed by atoms with Crippen LogP contribution in [0.5, 0.6) is 0 Å². The van der Waals surface area contributed by atoms with Crippen molar-refractivity contribution in [1.82, 2.24) is 14.9 Å². The summed E-state index contributed by atoms with van der Waals surface area (Å²) in [6.07, 6.45) is 5.05. The van der Waals surface area contributed by atoms with E-state index in [9.17, 15) is 8.42 Å². The second-order valence-corrected chi connectivity index (χ2v) is 10.7. The SMILES string of the molecule is CN=C(NCc1ccccc1S(=O)(=O)N1CCCCC1)NCC(C)(C)SC.I. The molecule has 9 heteroatoms. The molecule has 2 rings (SSSR count). The average molecular weight is 541 g/mol. The Hall–Kier alpha value is -0.520. The van der Waals surface area contributed by atoms with E-state index in [0.29, 0.717) is 30.5 Å². The molecule has 1 aliphatic rings. The Bertz CT molecular complexity index is 748. The molecule has 6 nitrogen and oxygen atoms in total. The van der Waals surface area contributed by atoms with Crippen molar-refractivity contribution in [3.8, 4) is 0 Å². The number of halogens is 1. The van der Waals surface area contributed by atoms with Crippen LogP contribution in [0.15, 0.2) is 34.2 Å². The number of piperidine rings is 1. The highest BCUT2D eigenvalue weighted by atomic mass is 127. The molecule has 0 saturated carbocycles. The first-order chi connectivity index (χ1) is 12.8. The molecule has 28 heavy (non-hydrogen) atoms. The van der Waals surface area contributed by atoms with Gasteiger partial charge in [-0.15, -0.1) is 24.0 Å². The molecule has 0 atom stereocenters. The van der Waals surface area contributed by atoms with Crippen LogP contribution in [0.2, 0.25) is 0 Å². The molecule has 0 radical (unpaired) electrons. The lowest BCUT2D eigenvalue weighted by Crippen LogP contribution is -2.43. The molecule has 0 aromatic heterocycles. The van der Waals surface area contributed by atoms with Crippen LogP contribution in [0.4, 0.5) is 0 Å². The van der Waals surface area contributed by atoms with Crippen molar-refractivity contribution < 1.29 is 8.42 Å². The molecule has 1 aliphatic heterocycles. The van der Waals surface area contributed by atoms with Crippen molar-refractivity contribution in [3.05, 3.63) is 29.8 Å². The summed E-state index contributed by atoms with van der Waals surface area (Å²) in [6, 6.07) is 7.23. The van der Waals surface area contributed by atoms with Crippen LogP contribution in [0, 0.1) is 0 Å². The summed E-state index contributed by atoms with van der Waals surface area (Å²) in [4.78, 5) is 4.64. The lowest BCUT2D eigenvalue weighted by atomic mass is 10.2. The Labute approximate surface area is 191 Å². The fraction of sp³-hybridized carbons (Fsp3) is 0.632. The smallest absolute Gasteiger partial charge is 0.243 e. The molecular formula is C19H33IN4O2S2. The van der Waals surface area contributed by atoms with E-state index >= 15 is 0 Å². The molecule has 0 amide bonds. The van der Waals surface area contributed by atoms with Gasteiger partial charge in [-0.05, 0) is 44.6 Å². The highest BCUT2D eigenvalue weighted by Crippen LogP contribution is 2.23. The van der Waals surface area contributed by atoms with Crippen molar-refractivity contribution >= 4 is 51.7 Å². The fourth-order valence-corrected chi connectivity index (χ4v) is 4.87. The van der Waals surface area contributed by atoms with E-state index in [0.717, 1.165) is 31.4 Å². The summed E-state index contributed by atoms with van der Waals surface area (Å²) in [5.74, 6) is 0.669. The van der Waals surface area contributed by atoms with Gasteiger partial charge in [0.2, 0.25) is 10.0 Å². The van der Waals surface area contributed by atoms with E-state index < -0.39 is 10.0 Å². The van der Waals surface area contributed by atoms with Crippen molar-refractivity contribution in [2.24, 2.45) is 4.99 Å². The van der Waals surface area contributed by atoms with Gasteiger partial charge in [0.05, 0.1) is 4.90 Å². The van der Waals surface area contributed by atoms with Gasteiger partial charge in [0.25, 0.3) is 0 Å². The highest BCUT2D eigenvalue weighted by Gasteiger charge is 2.27. The van der Waals surface area contributed by atoms with Crippen LogP contribution in [-0.2, 0) is 16.6 Å². The van der Waals surface area contributed by atoms with E-state index in [1.807, 2.05) is 12.1 Å². The van der Waals surface area contributed by atoms with Gasteiger partial charge >= 0.3 is 0 Å². The molecule has 1 aromatic carbocycles. The number of rotatable bonds is 7. The lowest BCUT2D eigenvalue weighted by Gasteiger charge is -2.27. The van der Waals surface area contributed by atoms with Gasteiger partial charge in [-0.25, -0.2) is 8.42 Å². The first-order valence-electron chi connectivity index (χ1n) is 9.38. The zero-order chi connectivity index (χ0) is 19.9. The van der Waals surface area contributed by atoms with Crippen LogP contribution < -0.4 is 10.6 Å². The minimum Gasteiger partial charge on any atom is -0.355 e. The predicted octanol–water partition coefficient (Wildman–Crippen LogP) is 3.29. The second kappa shape index (κ2) is 11.6. The number of guanidine groups is 1. The third-order valence-corrected chi connectivity index (χ3v) is 8.06. The Kier molecular flexibility index (Phi) is 10.6. The maximum atomic E-state index is 13.1. The van der Waals surface area contributed by atoms with Gasteiger partial charge < -0.3 is 10.6 Å². The van der Waals surface area contributed by atoms with Gasteiger partial charge in [0, 0.05) is 38.0 Å². The molecule has 1 saturated heterocycles. The third kappa shape index (κ3) is 7.07. The number of nitrogens with zero attached hydrogens (tertiary/aromatic N) is 2. The molecule has 0 spiro atoms. The first-order valence-corrected chi connectivity index (χ1v) is 12.0. The highest BCUT2D eigenvalue weighted by molar-refractivity contribution is 14.0. The molecule has 0 aliphatic carbocycles. The monoisotopic (exact) mass is 540 g/mol. The van der Waals surface area contributed by atoms with Crippen LogP contribution in [0.1, 0.15) is 38.7 Å². The third-order valence-electron chi connectivity index (χ3n) is 4.81. The van der Waals surface area contributed by atoms with Gasteiger partial charge in [0.15, 0.2) is 5.96 Å². The van der Waals surface area contributed by atoms with Crippen molar-refractivity contribution in [2.75, 3.05) is 32.9 Å². The predicted molar refractivity (Wildman–Crippen MR) is 130 cm³/mol. The van der Waals surface area contributed by atoms with Crippen molar-refractivity contribution in [3.63, 3.8) is 0 Å². The molecule has 0 bridgehead atoms. The molecule has 1 heterocycles. The quantitative estimate of drug-likeness (QED) is 0.316. The van der Waals surface area contributed by atoms with Crippen molar-refractivity contribution in [2.45, 2.75) is 49.3 Å². The number of thioether (sulfide) groups is 1. The van der Waals surface area contributed by atoms with Crippen LogP contribution >= 0.6 is 35.7 Å². The van der Waals surface area contributed by atoms with E-state index in [4.69, 9.17) is 0 Å². The minimum atomic E-state index is -3.46. The molecular weight excluding hydrogens is 507 g/mol. The zero-order valence-corrected chi connectivity index (χ0v) is 21.2.